The molecule has 8 aromatic carbocycles. The number of nitrogens with zero attached hydrogens (tertiary/aromatic N) is 2. The molecule has 0 amide bonds. The first kappa shape index (κ1) is 44.8. The molecule has 0 heterocycles. The quantitative estimate of drug-likeness (QED) is 0.142. The van der Waals surface area contributed by atoms with Crippen LogP contribution in [-0.4, -0.2) is 0 Å². The van der Waals surface area contributed by atoms with Crippen molar-refractivity contribution in [2.45, 2.75) is 120 Å². The van der Waals surface area contributed by atoms with E-state index in [4.69, 9.17) is 0 Å². The predicted molar refractivity (Wildman–Crippen MR) is 308 cm³/mol. The second-order valence-electron chi connectivity index (χ2n) is 25.0. The minimum absolute atomic E-state index is 0.155. The molecule has 10 bridgehead atoms. The van der Waals surface area contributed by atoms with E-state index in [0.717, 1.165) is 55.3 Å². The molecule has 6 saturated carbocycles. The number of anilines is 6. The van der Waals surface area contributed by atoms with Gasteiger partial charge in [0.2, 0.25) is 0 Å². The number of para-hydroxylation sites is 1. The van der Waals surface area contributed by atoms with Crippen molar-refractivity contribution in [3.8, 4) is 22.3 Å². The van der Waals surface area contributed by atoms with E-state index in [1.54, 1.807) is 11.1 Å². The standard InChI is InChI=1S/C72H70N2/c1-71(2)67-42-57(53-9-5-3-6-10-53)25-33-64(67)65-34-32-63(43-68(65)71)74(61-28-23-54(24-29-61)66-39-49-17-22-58(66)38-49)70-41-48-14-19-55-18-13-47(15-20-56(70)21-16-48)40-69(55)73(60-11-7-4-8-12-60)62-30-26-59(27-31-62)72-44-50-35-51(45-72)37-52(36-50)46-72/h3-13,16,18,21,23-34,40-43,49-52,58,66H,14-15,17,19-20,22,35-39,44-46H2,1-2H3. The first-order valence-corrected chi connectivity index (χ1v) is 28.7. The van der Waals surface area contributed by atoms with Gasteiger partial charge in [-0.3, -0.25) is 0 Å². The molecule has 6 fully saturated rings. The van der Waals surface area contributed by atoms with Crippen LogP contribution >= 0.6 is 0 Å². The zero-order valence-electron chi connectivity index (χ0n) is 43.6. The third kappa shape index (κ3) is 7.55. The Balaban J connectivity index is 0.792. The van der Waals surface area contributed by atoms with Gasteiger partial charge < -0.3 is 9.80 Å². The van der Waals surface area contributed by atoms with Gasteiger partial charge in [-0.05, 0) is 258 Å². The molecule has 2 nitrogen and oxygen atoms in total. The lowest BCUT2D eigenvalue weighted by Gasteiger charge is -2.57. The molecular weight excluding hydrogens is 893 g/mol. The van der Waals surface area contributed by atoms with Gasteiger partial charge >= 0.3 is 0 Å². The highest BCUT2D eigenvalue weighted by atomic mass is 15.2. The van der Waals surface area contributed by atoms with Gasteiger partial charge in [-0.25, -0.2) is 0 Å². The Hall–Kier alpha value is -6.64. The smallest absolute Gasteiger partial charge is 0.0496 e. The summed E-state index contributed by atoms with van der Waals surface area (Å²) in [6.45, 7) is 4.87. The van der Waals surface area contributed by atoms with Gasteiger partial charge in [0.05, 0.1) is 0 Å². The largest absolute Gasteiger partial charge is 0.310 e. The van der Waals surface area contributed by atoms with E-state index in [-0.39, 0.29) is 5.41 Å². The van der Waals surface area contributed by atoms with Crippen LogP contribution in [-0.2, 0) is 36.5 Å². The van der Waals surface area contributed by atoms with Crippen molar-refractivity contribution in [2.24, 2.45) is 29.6 Å². The van der Waals surface area contributed by atoms with Gasteiger partial charge in [0.15, 0.2) is 0 Å². The molecule has 0 N–H and O–H groups in total. The van der Waals surface area contributed by atoms with E-state index in [2.05, 4.69) is 206 Å². The van der Waals surface area contributed by atoms with Crippen LogP contribution in [0.2, 0.25) is 0 Å². The second kappa shape index (κ2) is 17.5. The van der Waals surface area contributed by atoms with E-state index >= 15 is 0 Å². The maximum atomic E-state index is 2.63. The number of hydrogen-bond acceptors (Lipinski definition) is 2. The fourth-order valence-electron chi connectivity index (χ4n) is 17.0. The predicted octanol–water partition coefficient (Wildman–Crippen LogP) is 18.9. The molecule has 3 atom stereocenters. The minimum Gasteiger partial charge on any atom is -0.310 e. The molecule has 11 aliphatic rings. The fraction of sp³-hybridized carbons (Fsp3) is 0.333. The third-order valence-corrected chi connectivity index (χ3v) is 20.3. The maximum absolute atomic E-state index is 2.63. The molecule has 0 aliphatic heterocycles. The highest BCUT2D eigenvalue weighted by Gasteiger charge is 2.51. The molecule has 0 saturated heterocycles. The molecule has 0 aromatic heterocycles. The minimum atomic E-state index is -0.155. The summed E-state index contributed by atoms with van der Waals surface area (Å²) in [4.78, 5) is 5.20. The van der Waals surface area contributed by atoms with E-state index in [1.807, 2.05) is 0 Å². The number of benzene rings is 8. The molecule has 74 heavy (non-hydrogen) atoms. The molecule has 0 radical (unpaired) electrons. The lowest BCUT2D eigenvalue weighted by molar-refractivity contribution is -0.00518. The van der Waals surface area contributed by atoms with Crippen molar-refractivity contribution in [1.82, 2.24) is 0 Å². The summed E-state index contributed by atoms with van der Waals surface area (Å²) >= 11 is 0. The van der Waals surface area contributed by atoms with Crippen LogP contribution in [0, 0.1) is 29.6 Å². The fourth-order valence-corrected chi connectivity index (χ4v) is 17.0. The summed E-state index contributed by atoms with van der Waals surface area (Å²) in [5.74, 6) is 5.32. The average Bonchev–Trinajstić information content (AvgIpc) is 4.14. The summed E-state index contributed by atoms with van der Waals surface area (Å²) in [6, 6.07) is 71.4. The number of rotatable bonds is 9. The van der Waals surface area contributed by atoms with Crippen LogP contribution < -0.4 is 9.80 Å². The zero-order chi connectivity index (χ0) is 49.1. The van der Waals surface area contributed by atoms with E-state index in [9.17, 15) is 0 Å². The molecule has 3 unspecified atom stereocenters. The molecule has 2 heteroatoms. The van der Waals surface area contributed by atoms with Gasteiger partial charge in [-0.15, -0.1) is 0 Å². The number of fused-ring (bicyclic) bond motifs is 5. The van der Waals surface area contributed by atoms with Crippen LogP contribution in [0.3, 0.4) is 0 Å². The Bertz CT molecular complexity index is 3380. The highest BCUT2D eigenvalue weighted by molar-refractivity contribution is 5.88. The molecule has 8 aromatic rings. The van der Waals surface area contributed by atoms with Crippen LogP contribution in [0.5, 0.6) is 0 Å². The van der Waals surface area contributed by atoms with E-state index < -0.39 is 0 Å². The van der Waals surface area contributed by atoms with E-state index in [0.29, 0.717) is 11.3 Å². The number of aryl methyl sites for hydroxylation is 4. The van der Waals surface area contributed by atoms with Crippen LogP contribution in [0.25, 0.3) is 22.3 Å². The van der Waals surface area contributed by atoms with Gasteiger partial charge in [0.25, 0.3) is 0 Å². The monoisotopic (exact) mass is 963 g/mol. The van der Waals surface area contributed by atoms with Crippen molar-refractivity contribution in [1.29, 1.82) is 0 Å². The normalized spacial score (nSPS) is 25.4. The van der Waals surface area contributed by atoms with Crippen molar-refractivity contribution in [2.75, 3.05) is 9.80 Å². The first-order valence-electron chi connectivity index (χ1n) is 28.7. The van der Waals surface area contributed by atoms with Gasteiger partial charge in [0, 0.05) is 39.5 Å². The summed E-state index contributed by atoms with van der Waals surface area (Å²) in [7, 11) is 0. The van der Waals surface area contributed by atoms with Crippen molar-refractivity contribution in [3.63, 3.8) is 0 Å². The molecular formula is C72H70N2. The van der Waals surface area contributed by atoms with Crippen molar-refractivity contribution < 1.29 is 0 Å². The lowest BCUT2D eigenvalue weighted by Crippen LogP contribution is -2.48. The summed E-state index contributed by atoms with van der Waals surface area (Å²) in [5.41, 5.74) is 24.7. The van der Waals surface area contributed by atoms with Crippen LogP contribution in [0.15, 0.2) is 182 Å². The van der Waals surface area contributed by atoms with Crippen molar-refractivity contribution >= 4 is 34.1 Å². The molecule has 0 spiro atoms. The van der Waals surface area contributed by atoms with Gasteiger partial charge in [-0.2, -0.15) is 0 Å². The molecule has 368 valence electrons. The summed E-state index contributed by atoms with van der Waals surface area (Å²) in [5, 5.41) is 0. The van der Waals surface area contributed by atoms with Gasteiger partial charge in [0.1, 0.15) is 0 Å². The Labute approximate surface area is 440 Å². The zero-order valence-corrected chi connectivity index (χ0v) is 43.6. The van der Waals surface area contributed by atoms with Gasteiger partial charge in [-0.1, -0.05) is 136 Å². The lowest BCUT2D eigenvalue weighted by atomic mass is 9.48. The summed E-state index contributed by atoms with van der Waals surface area (Å²) < 4.78 is 0. The van der Waals surface area contributed by atoms with Crippen LogP contribution in [0.1, 0.15) is 128 Å². The highest BCUT2D eigenvalue weighted by Crippen LogP contribution is 2.61. The number of hydrogen-bond donors (Lipinski definition) is 0. The van der Waals surface area contributed by atoms with E-state index in [1.165, 1.54) is 154 Å². The Morgan fingerprint density at radius 1 is 0.405 bits per heavy atom. The Kier molecular flexibility index (Phi) is 10.6. The molecule has 11 aliphatic carbocycles. The first-order chi connectivity index (χ1) is 36.3. The Morgan fingerprint density at radius 2 is 0.946 bits per heavy atom. The summed E-state index contributed by atoms with van der Waals surface area (Å²) in [6.07, 6.45) is 18.1. The maximum Gasteiger partial charge on any atom is 0.0496 e. The second-order valence-corrected chi connectivity index (χ2v) is 25.0. The Morgan fingerprint density at radius 3 is 1.54 bits per heavy atom. The average molecular weight is 963 g/mol. The van der Waals surface area contributed by atoms with Crippen molar-refractivity contribution in [3.05, 3.63) is 226 Å². The molecule has 19 rings (SSSR count). The topological polar surface area (TPSA) is 6.48 Å². The third-order valence-electron chi connectivity index (χ3n) is 20.3. The van der Waals surface area contributed by atoms with Crippen LogP contribution in [0.4, 0.5) is 34.1 Å². The SMILES string of the molecule is CC1(C)c2cc(-c3ccccc3)ccc2-c2ccc(N(c3ccc(C4CC5CCC4C5)cc3)c3cc4ccc3CCc3ccc(c(N(c5ccccc5)c5ccc(C67CC8CC(CC(C8)C6)C7)cc5)c3)CC4)cc21.